The summed E-state index contributed by atoms with van der Waals surface area (Å²) in [7, 11) is 1.75. The number of rotatable bonds is 3. The zero-order valence-corrected chi connectivity index (χ0v) is 12.0. The van der Waals surface area contributed by atoms with Gasteiger partial charge < -0.3 is 15.7 Å². The van der Waals surface area contributed by atoms with Crippen LogP contribution in [0, 0.1) is 11.2 Å². The van der Waals surface area contributed by atoms with E-state index in [0.717, 1.165) is 6.07 Å². The van der Waals surface area contributed by atoms with Gasteiger partial charge in [-0.05, 0) is 24.5 Å². The van der Waals surface area contributed by atoms with E-state index >= 15 is 0 Å². The van der Waals surface area contributed by atoms with Crippen molar-refractivity contribution in [3.63, 3.8) is 0 Å². The quantitative estimate of drug-likeness (QED) is 0.827. The number of carbonyl (C=O) groups is 1. The van der Waals surface area contributed by atoms with E-state index in [1.54, 1.807) is 11.9 Å². The van der Waals surface area contributed by atoms with E-state index in [2.05, 4.69) is 0 Å². The molecule has 0 fully saturated rings. The van der Waals surface area contributed by atoms with Crippen molar-refractivity contribution in [2.24, 2.45) is 5.41 Å². The van der Waals surface area contributed by atoms with Crippen molar-refractivity contribution in [2.75, 3.05) is 17.7 Å². The molecule has 106 valence electrons. The zero-order valence-electron chi connectivity index (χ0n) is 12.0. The first-order valence-electron chi connectivity index (χ1n) is 6.11. The first-order chi connectivity index (χ1) is 8.55. The van der Waals surface area contributed by atoms with Crippen molar-refractivity contribution in [3.05, 3.63) is 23.5 Å². The number of benzene rings is 1. The highest BCUT2D eigenvalue weighted by atomic mass is 19.1. The van der Waals surface area contributed by atoms with E-state index in [-0.39, 0.29) is 28.4 Å². The molecule has 3 N–H and O–H groups in total. The van der Waals surface area contributed by atoms with Gasteiger partial charge in [0.25, 0.3) is 0 Å². The van der Waals surface area contributed by atoms with Crippen LogP contribution in [0.5, 0.6) is 0 Å². The van der Waals surface area contributed by atoms with Crippen molar-refractivity contribution in [3.8, 4) is 0 Å². The number of halogens is 1. The Bertz CT molecular complexity index is 495. The van der Waals surface area contributed by atoms with Crippen molar-refractivity contribution in [1.82, 2.24) is 0 Å². The third-order valence-corrected chi connectivity index (χ3v) is 3.56. The molecule has 0 radical (unpaired) electrons. The summed E-state index contributed by atoms with van der Waals surface area (Å²) in [5, 5.41) is 9.04. The molecule has 19 heavy (non-hydrogen) atoms. The minimum atomic E-state index is -1.16. The molecule has 0 bridgehead atoms. The number of nitrogen functional groups attached to an aromatic ring is 1. The summed E-state index contributed by atoms with van der Waals surface area (Å²) in [6.45, 7) is 8.10. The molecular formula is C14H21FN2O2. The number of nitrogens with zero attached hydrogens (tertiary/aromatic N) is 1. The SMILES string of the molecule is CC(N(C)c1cc(C(=O)O)c(N)cc1F)C(C)(C)C. The average Bonchev–Trinajstić information content (AvgIpc) is 2.25. The van der Waals surface area contributed by atoms with Gasteiger partial charge in [0.15, 0.2) is 0 Å². The van der Waals surface area contributed by atoms with Gasteiger partial charge in [-0.2, -0.15) is 0 Å². The predicted octanol–water partition coefficient (Wildman–Crippen LogP) is 2.98. The minimum Gasteiger partial charge on any atom is -0.478 e. The van der Waals surface area contributed by atoms with Crippen LogP contribution < -0.4 is 10.6 Å². The number of hydrogen-bond acceptors (Lipinski definition) is 3. The highest BCUT2D eigenvalue weighted by Gasteiger charge is 2.26. The topological polar surface area (TPSA) is 66.6 Å². The van der Waals surface area contributed by atoms with Crippen LogP contribution in [0.4, 0.5) is 15.8 Å². The normalized spacial score (nSPS) is 13.2. The Balaban J connectivity index is 3.27. The van der Waals surface area contributed by atoms with E-state index in [4.69, 9.17) is 10.8 Å². The largest absolute Gasteiger partial charge is 0.478 e. The molecule has 4 nitrogen and oxygen atoms in total. The van der Waals surface area contributed by atoms with Gasteiger partial charge in [-0.1, -0.05) is 20.8 Å². The number of aromatic carboxylic acids is 1. The molecule has 1 unspecified atom stereocenters. The fraction of sp³-hybridized carbons (Fsp3) is 0.500. The van der Waals surface area contributed by atoms with Crippen LogP contribution >= 0.6 is 0 Å². The van der Waals surface area contributed by atoms with Gasteiger partial charge in [0.2, 0.25) is 0 Å². The lowest BCUT2D eigenvalue weighted by molar-refractivity contribution is 0.0698. The monoisotopic (exact) mass is 268 g/mol. The molecule has 0 saturated heterocycles. The average molecular weight is 268 g/mol. The maximum absolute atomic E-state index is 14.0. The summed E-state index contributed by atoms with van der Waals surface area (Å²) in [6.07, 6.45) is 0. The van der Waals surface area contributed by atoms with Gasteiger partial charge in [-0.25, -0.2) is 9.18 Å². The van der Waals surface area contributed by atoms with Crippen LogP contribution in [-0.2, 0) is 0 Å². The van der Waals surface area contributed by atoms with Crippen molar-refractivity contribution >= 4 is 17.3 Å². The lowest BCUT2D eigenvalue weighted by Crippen LogP contribution is -2.39. The second-order valence-corrected chi connectivity index (χ2v) is 5.85. The van der Waals surface area contributed by atoms with E-state index in [9.17, 15) is 9.18 Å². The number of nitrogens with two attached hydrogens (primary N) is 1. The highest BCUT2D eigenvalue weighted by Crippen LogP contribution is 2.31. The first-order valence-corrected chi connectivity index (χ1v) is 6.11. The van der Waals surface area contributed by atoms with Crippen LogP contribution in [0.15, 0.2) is 12.1 Å². The van der Waals surface area contributed by atoms with E-state index in [1.165, 1.54) is 6.07 Å². The number of hydrogen-bond donors (Lipinski definition) is 2. The van der Waals surface area contributed by atoms with Crippen LogP contribution in [0.25, 0.3) is 0 Å². The first kappa shape index (κ1) is 15.3. The van der Waals surface area contributed by atoms with Gasteiger partial charge in [-0.3, -0.25) is 0 Å². The molecule has 0 saturated carbocycles. The molecule has 0 aromatic heterocycles. The summed E-state index contributed by atoms with van der Waals surface area (Å²) < 4.78 is 14.0. The number of anilines is 2. The van der Waals surface area contributed by atoms with E-state index in [0.29, 0.717) is 0 Å². The Morgan fingerprint density at radius 3 is 2.37 bits per heavy atom. The molecule has 1 rings (SSSR count). The van der Waals surface area contributed by atoms with Crippen molar-refractivity contribution in [2.45, 2.75) is 33.7 Å². The second-order valence-electron chi connectivity index (χ2n) is 5.85. The van der Waals surface area contributed by atoms with Gasteiger partial charge in [-0.15, -0.1) is 0 Å². The Labute approximate surface area is 113 Å². The minimum absolute atomic E-state index is 0.0345. The van der Waals surface area contributed by atoms with E-state index < -0.39 is 11.8 Å². The van der Waals surface area contributed by atoms with Gasteiger partial charge >= 0.3 is 5.97 Å². The van der Waals surface area contributed by atoms with Crippen molar-refractivity contribution in [1.29, 1.82) is 0 Å². The molecule has 0 aliphatic heterocycles. The highest BCUT2D eigenvalue weighted by molar-refractivity contribution is 5.95. The third-order valence-electron chi connectivity index (χ3n) is 3.56. The van der Waals surface area contributed by atoms with E-state index in [1.807, 2.05) is 27.7 Å². The number of carboxylic acids is 1. The number of carboxylic acid groups (broad SMARTS) is 1. The molecule has 1 aromatic rings. The van der Waals surface area contributed by atoms with Crippen LogP contribution in [0.2, 0.25) is 0 Å². The standard InChI is InChI=1S/C14H21FN2O2/c1-8(14(2,3)4)17(5)12-6-9(13(18)19)11(16)7-10(12)15/h6-8H,16H2,1-5H3,(H,18,19). The summed E-state index contributed by atoms with van der Waals surface area (Å²) in [5.74, 6) is -1.67. The van der Waals surface area contributed by atoms with Gasteiger partial charge in [0.1, 0.15) is 5.82 Å². The molecule has 0 aliphatic carbocycles. The Kier molecular flexibility index (Phi) is 4.08. The fourth-order valence-electron chi connectivity index (χ4n) is 1.82. The molecule has 1 aromatic carbocycles. The molecular weight excluding hydrogens is 247 g/mol. The van der Waals surface area contributed by atoms with Crippen LogP contribution in [0.1, 0.15) is 38.1 Å². The molecule has 0 heterocycles. The Morgan fingerprint density at radius 1 is 1.42 bits per heavy atom. The van der Waals surface area contributed by atoms with Crippen LogP contribution in [0.3, 0.4) is 0 Å². The summed E-state index contributed by atoms with van der Waals surface area (Å²) in [5.41, 5.74) is 5.55. The predicted molar refractivity (Wildman–Crippen MR) is 75.1 cm³/mol. The van der Waals surface area contributed by atoms with Gasteiger partial charge in [0.05, 0.1) is 11.3 Å². The molecule has 5 heteroatoms. The zero-order chi connectivity index (χ0) is 15.0. The second kappa shape index (κ2) is 5.07. The third kappa shape index (κ3) is 3.16. The summed E-state index contributed by atoms with van der Waals surface area (Å²) >= 11 is 0. The summed E-state index contributed by atoms with van der Waals surface area (Å²) in [6, 6.07) is 2.38. The maximum atomic E-state index is 14.0. The molecule has 0 amide bonds. The summed E-state index contributed by atoms with van der Waals surface area (Å²) in [4.78, 5) is 12.8. The van der Waals surface area contributed by atoms with Crippen molar-refractivity contribution < 1.29 is 14.3 Å². The smallest absolute Gasteiger partial charge is 0.337 e. The van der Waals surface area contributed by atoms with Crippen LogP contribution in [-0.4, -0.2) is 24.2 Å². The maximum Gasteiger partial charge on any atom is 0.337 e. The fourth-order valence-corrected chi connectivity index (χ4v) is 1.82. The Hall–Kier alpha value is -1.78. The lowest BCUT2D eigenvalue weighted by Gasteiger charge is -2.37. The Morgan fingerprint density at radius 2 is 1.95 bits per heavy atom. The lowest BCUT2D eigenvalue weighted by atomic mass is 9.87. The molecule has 1 atom stereocenters. The molecule has 0 spiro atoms. The molecule has 0 aliphatic rings. The van der Waals surface area contributed by atoms with Gasteiger partial charge in [0, 0.05) is 18.8 Å².